The Morgan fingerprint density at radius 1 is 1.12 bits per heavy atom. The number of anilines is 1. The number of pyridine rings is 1. The van der Waals surface area contributed by atoms with E-state index in [1.807, 2.05) is 6.07 Å². The van der Waals surface area contributed by atoms with Crippen LogP contribution in [0.1, 0.15) is 10.4 Å². The van der Waals surface area contributed by atoms with E-state index in [-0.39, 0.29) is 17.3 Å². The second-order valence-corrected chi connectivity index (χ2v) is 5.94. The topological polar surface area (TPSA) is 97.4 Å². The van der Waals surface area contributed by atoms with Gasteiger partial charge in [0.25, 0.3) is 5.91 Å². The van der Waals surface area contributed by atoms with Crippen LogP contribution in [-0.2, 0) is 14.3 Å². The Morgan fingerprint density at radius 2 is 1.88 bits per heavy atom. The van der Waals surface area contributed by atoms with E-state index < -0.39 is 24.4 Å². The van der Waals surface area contributed by atoms with E-state index in [0.717, 1.165) is 4.47 Å². The molecule has 2 amide bonds. The number of hydrogen-bond donors (Lipinski definition) is 2. The molecule has 1 aromatic carbocycles. The molecular formula is C16H13BrClN3O4. The number of esters is 1. The van der Waals surface area contributed by atoms with Crippen LogP contribution < -0.4 is 10.6 Å². The molecule has 0 aliphatic carbocycles. The number of nitrogens with zero attached hydrogens (tertiary/aromatic N) is 1. The molecule has 2 aromatic rings. The first-order chi connectivity index (χ1) is 12.0. The van der Waals surface area contributed by atoms with Gasteiger partial charge in [-0.15, -0.1) is 0 Å². The van der Waals surface area contributed by atoms with Crippen molar-refractivity contribution in [2.24, 2.45) is 0 Å². The van der Waals surface area contributed by atoms with Gasteiger partial charge in [0.1, 0.15) is 5.15 Å². The molecule has 0 fully saturated rings. The maximum absolute atomic E-state index is 11.8. The maximum atomic E-state index is 11.8. The Bertz CT molecular complexity index is 800. The molecule has 1 heterocycles. The van der Waals surface area contributed by atoms with Gasteiger partial charge in [0.05, 0.1) is 17.8 Å². The number of carbonyl (C=O) groups is 3. The van der Waals surface area contributed by atoms with Crippen LogP contribution in [0.2, 0.25) is 5.15 Å². The molecule has 0 unspecified atom stereocenters. The Hall–Kier alpha value is -2.45. The highest BCUT2D eigenvalue weighted by Crippen LogP contribution is 2.20. The number of amides is 2. The lowest BCUT2D eigenvalue weighted by atomic mass is 10.3. The minimum Gasteiger partial charge on any atom is -0.452 e. The minimum atomic E-state index is -0.772. The molecule has 0 bridgehead atoms. The molecule has 0 radical (unpaired) electrons. The summed E-state index contributed by atoms with van der Waals surface area (Å²) in [5.74, 6) is -1.80. The predicted octanol–water partition coefficient (Wildman–Crippen LogP) is 2.41. The fraction of sp³-hybridized carbons (Fsp3) is 0.125. The number of halogens is 2. The molecule has 2 rings (SSSR count). The van der Waals surface area contributed by atoms with E-state index in [9.17, 15) is 14.4 Å². The summed E-state index contributed by atoms with van der Waals surface area (Å²) in [4.78, 5) is 39.0. The SMILES string of the molecule is O=C(COC(=O)c1cccnc1Cl)NCC(=O)Nc1ccccc1Br. The summed E-state index contributed by atoms with van der Waals surface area (Å²) in [6, 6.07) is 10.0. The third kappa shape index (κ3) is 5.84. The lowest BCUT2D eigenvalue weighted by Gasteiger charge is -2.09. The van der Waals surface area contributed by atoms with Crippen LogP contribution in [0.3, 0.4) is 0 Å². The molecule has 0 aliphatic heterocycles. The summed E-state index contributed by atoms with van der Waals surface area (Å²) in [5, 5.41) is 4.97. The molecule has 0 aliphatic rings. The van der Waals surface area contributed by atoms with Crippen molar-refractivity contribution in [3.05, 3.63) is 57.8 Å². The Kier molecular flexibility index (Phi) is 6.91. The standard InChI is InChI=1S/C16H13BrClN3O4/c17-11-5-1-2-6-12(11)21-13(22)8-20-14(23)9-25-16(24)10-4-3-7-19-15(10)18/h1-7H,8-9H2,(H,20,23)(H,21,22). The zero-order valence-corrected chi connectivity index (χ0v) is 15.1. The van der Waals surface area contributed by atoms with Gasteiger partial charge in [-0.25, -0.2) is 9.78 Å². The van der Waals surface area contributed by atoms with Crippen LogP contribution in [0.5, 0.6) is 0 Å². The first kappa shape index (κ1) is 18.9. The molecule has 0 saturated carbocycles. The monoisotopic (exact) mass is 425 g/mol. The zero-order valence-electron chi connectivity index (χ0n) is 12.8. The lowest BCUT2D eigenvalue weighted by molar-refractivity contribution is -0.126. The first-order valence-electron chi connectivity index (χ1n) is 7.06. The van der Waals surface area contributed by atoms with E-state index >= 15 is 0 Å². The van der Waals surface area contributed by atoms with Crippen molar-refractivity contribution >= 4 is 51.0 Å². The Labute approximate surface area is 156 Å². The van der Waals surface area contributed by atoms with Crippen LogP contribution in [0.4, 0.5) is 5.69 Å². The van der Waals surface area contributed by atoms with Crippen molar-refractivity contribution in [1.29, 1.82) is 0 Å². The largest absolute Gasteiger partial charge is 0.452 e. The van der Waals surface area contributed by atoms with Crippen LogP contribution in [0.15, 0.2) is 47.1 Å². The van der Waals surface area contributed by atoms with Gasteiger partial charge in [0, 0.05) is 10.7 Å². The number of ether oxygens (including phenoxy) is 1. The molecule has 0 spiro atoms. The van der Waals surface area contributed by atoms with Gasteiger partial charge < -0.3 is 15.4 Å². The van der Waals surface area contributed by atoms with Crippen LogP contribution in [0.25, 0.3) is 0 Å². The third-order valence-electron chi connectivity index (χ3n) is 2.91. The predicted molar refractivity (Wildman–Crippen MR) is 95.3 cm³/mol. The van der Waals surface area contributed by atoms with Gasteiger partial charge in [-0.2, -0.15) is 0 Å². The fourth-order valence-corrected chi connectivity index (χ4v) is 2.31. The van der Waals surface area contributed by atoms with Crippen molar-refractivity contribution in [3.8, 4) is 0 Å². The zero-order chi connectivity index (χ0) is 18.2. The van der Waals surface area contributed by atoms with Crippen molar-refractivity contribution in [3.63, 3.8) is 0 Å². The molecule has 0 atom stereocenters. The average molecular weight is 427 g/mol. The van der Waals surface area contributed by atoms with Crippen LogP contribution >= 0.6 is 27.5 Å². The van der Waals surface area contributed by atoms with E-state index in [4.69, 9.17) is 16.3 Å². The highest BCUT2D eigenvalue weighted by molar-refractivity contribution is 9.10. The number of aromatic nitrogens is 1. The highest BCUT2D eigenvalue weighted by atomic mass is 79.9. The molecule has 25 heavy (non-hydrogen) atoms. The van der Waals surface area contributed by atoms with Gasteiger partial charge in [-0.1, -0.05) is 23.7 Å². The average Bonchev–Trinajstić information content (AvgIpc) is 2.60. The van der Waals surface area contributed by atoms with E-state index in [2.05, 4.69) is 31.5 Å². The summed E-state index contributed by atoms with van der Waals surface area (Å²) < 4.78 is 5.55. The van der Waals surface area contributed by atoms with Gasteiger partial charge in [-0.3, -0.25) is 9.59 Å². The summed E-state index contributed by atoms with van der Waals surface area (Å²) >= 11 is 9.06. The Balaban J connectivity index is 1.75. The summed E-state index contributed by atoms with van der Waals surface area (Å²) in [6.07, 6.45) is 1.43. The third-order valence-corrected chi connectivity index (χ3v) is 3.90. The van der Waals surface area contributed by atoms with E-state index in [0.29, 0.717) is 5.69 Å². The molecule has 130 valence electrons. The number of rotatable bonds is 6. The number of nitrogens with one attached hydrogen (secondary N) is 2. The molecule has 7 nitrogen and oxygen atoms in total. The second-order valence-electron chi connectivity index (χ2n) is 4.72. The first-order valence-corrected chi connectivity index (χ1v) is 8.23. The van der Waals surface area contributed by atoms with Gasteiger partial charge in [0.15, 0.2) is 6.61 Å². The molecule has 2 N–H and O–H groups in total. The number of benzene rings is 1. The minimum absolute atomic E-state index is 0.0132. The smallest absolute Gasteiger partial charge is 0.341 e. The van der Waals surface area contributed by atoms with Crippen molar-refractivity contribution in [2.45, 2.75) is 0 Å². The quantitative estimate of drug-likeness (QED) is 0.546. The molecule has 1 aromatic heterocycles. The van der Waals surface area contributed by atoms with E-state index in [1.54, 1.807) is 18.2 Å². The fourth-order valence-electron chi connectivity index (χ4n) is 1.73. The van der Waals surface area contributed by atoms with Gasteiger partial charge in [-0.05, 0) is 40.2 Å². The summed E-state index contributed by atoms with van der Waals surface area (Å²) in [7, 11) is 0. The van der Waals surface area contributed by atoms with Crippen molar-refractivity contribution in [1.82, 2.24) is 10.3 Å². The molecule has 9 heteroatoms. The van der Waals surface area contributed by atoms with Crippen LogP contribution in [-0.4, -0.2) is 35.9 Å². The second kappa shape index (κ2) is 9.14. The lowest BCUT2D eigenvalue weighted by Crippen LogP contribution is -2.35. The van der Waals surface area contributed by atoms with Crippen molar-refractivity contribution in [2.75, 3.05) is 18.5 Å². The van der Waals surface area contributed by atoms with Gasteiger partial charge >= 0.3 is 5.97 Å². The summed E-state index contributed by atoms with van der Waals surface area (Å²) in [5.41, 5.74) is 0.642. The normalized spacial score (nSPS) is 10.0. The van der Waals surface area contributed by atoms with Gasteiger partial charge in [0.2, 0.25) is 5.91 Å². The highest BCUT2D eigenvalue weighted by Gasteiger charge is 2.14. The maximum Gasteiger partial charge on any atom is 0.341 e. The Morgan fingerprint density at radius 3 is 2.60 bits per heavy atom. The number of hydrogen-bond acceptors (Lipinski definition) is 5. The van der Waals surface area contributed by atoms with Crippen LogP contribution in [0, 0.1) is 0 Å². The number of para-hydroxylation sites is 1. The van der Waals surface area contributed by atoms with E-state index in [1.165, 1.54) is 18.3 Å². The number of carbonyl (C=O) groups excluding carboxylic acids is 3. The summed E-state index contributed by atoms with van der Waals surface area (Å²) in [6.45, 7) is -0.794. The molecule has 0 saturated heterocycles. The molecular weight excluding hydrogens is 414 g/mol. The van der Waals surface area contributed by atoms with Crippen molar-refractivity contribution < 1.29 is 19.1 Å².